The maximum absolute atomic E-state index is 6.12. The standard InChI is InChI=1S/C12H20N4/c13-10-2-1-7-16-11(10)8-15-12(16)9-3-5-14-6-4-9/h8-10,14H,1-7,13H2. The average molecular weight is 220 g/mol. The lowest BCUT2D eigenvalue weighted by Gasteiger charge is -2.27. The minimum absolute atomic E-state index is 0.205. The Morgan fingerprint density at radius 1 is 1.31 bits per heavy atom. The zero-order valence-corrected chi connectivity index (χ0v) is 9.65. The third-order valence-electron chi connectivity index (χ3n) is 3.90. The van der Waals surface area contributed by atoms with Crippen LogP contribution in [0.15, 0.2) is 6.20 Å². The van der Waals surface area contributed by atoms with Gasteiger partial charge in [0.25, 0.3) is 0 Å². The Balaban J connectivity index is 1.89. The van der Waals surface area contributed by atoms with Gasteiger partial charge in [-0.3, -0.25) is 0 Å². The molecule has 1 atom stereocenters. The van der Waals surface area contributed by atoms with E-state index in [1.54, 1.807) is 0 Å². The van der Waals surface area contributed by atoms with Gasteiger partial charge in [0.15, 0.2) is 0 Å². The van der Waals surface area contributed by atoms with Crippen LogP contribution in [-0.4, -0.2) is 22.6 Å². The molecule has 4 nitrogen and oxygen atoms in total. The number of imidazole rings is 1. The number of piperidine rings is 1. The first-order valence-electron chi connectivity index (χ1n) is 6.38. The fraction of sp³-hybridized carbons (Fsp3) is 0.750. The van der Waals surface area contributed by atoms with Crippen molar-refractivity contribution in [1.82, 2.24) is 14.9 Å². The maximum atomic E-state index is 6.12. The van der Waals surface area contributed by atoms with Crippen LogP contribution in [0.1, 0.15) is 49.2 Å². The molecule has 0 amide bonds. The van der Waals surface area contributed by atoms with Gasteiger partial charge in [-0.05, 0) is 38.8 Å². The van der Waals surface area contributed by atoms with E-state index in [0.29, 0.717) is 5.92 Å². The summed E-state index contributed by atoms with van der Waals surface area (Å²) in [6, 6.07) is 0.205. The second-order valence-electron chi connectivity index (χ2n) is 4.97. The molecule has 0 aliphatic carbocycles. The third kappa shape index (κ3) is 1.66. The van der Waals surface area contributed by atoms with Crippen LogP contribution in [0.5, 0.6) is 0 Å². The van der Waals surface area contributed by atoms with E-state index in [2.05, 4.69) is 14.9 Å². The molecule has 1 saturated heterocycles. The van der Waals surface area contributed by atoms with Gasteiger partial charge < -0.3 is 15.6 Å². The van der Waals surface area contributed by atoms with Crippen molar-refractivity contribution < 1.29 is 0 Å². The molecule has 2 aliphatic rings. The summed E-state index contributed by atoms with van der Waals surface area (Å²) in [6.45, 7) is 3.36. The molecule has 1 aromatic heterocycles. The van der Waals surface area contributed by atoms with Crippen molar-refractivity contribution in [1.29, 1.82) is 0 Å². The fourth-order valence-corrected chi connectivity index (χ4v) is 2.97. The molecule has 0 radical (unpaired) electrons. The van der Waals surface area contributed by atoms with Crippen molar-refractivity contribution in [2.24, 2.45) is 5.73 Å². The summed E-state index contributed by atoms with van der Waals surface area (Å²) >= 11 is 0. The van der Waals surface area contributed by atoms with Crippen molar-refractivity contribution in [3.8, 4) is 0 Å². The third-order valence-corrected chi connectivity index (χ3v) is 3.90. The van der Waals surface area contributed by atoms with E-state index in [9.17, 15) is 0 Å². The Morgan fingerprint density at radius 3 is 2.94 bits per heavy atom. The highest BCUT2D eigenvalue weighted by atomic mass is 15.1. The summed E-state index contributed by atoms with van der Waals surface area (Å²) in [5.41, 5.74) is 7.37. The molecule has 4 heteroatoms. The highest BCUT2D eigenvalue weighted by Crippen LogP contribution is 2.30. The van der Waals surface area contributed by atoms with Crippen molar-refractivity contribution in [3.63, 3.8) is 0 Å². The van der Waals surface area contributed by atoms with Gasteiger partial charge in [0.2, 0.25) is 0 Å². The second-order valence-corrected chi connectivity index (χ2v) is 4.97. The molecule has 1 unspecified atom stereocenters. The molecule has 0 saturated carbocycles. The SMILES string of the molecule is NC1CCCn2c1cnc2C1CCNCC1. The number of hydrogen-bond donors (Lipinski definition) is 2. The predicted octanol–water partition coefficient (Wildman–Crippen LogP) is 1.14. The lowest BCUT2D eigenvalue weighted by molar-refractivity contribution is 0.400. The Labute approximate surface area is 96.2 Å². The highest BCUT2D eigenvalue weighted by Gasteiger charge is 2.25. The summed E-state index contributed by atoms with van der Waals surface area (Å²) in [7, 11) is 0. The summed E-state index contributed by atoms with van der Waals surface area (Å²) in [6.07, 6.45) is 6.73. The van der Waals surface area contributed by atoms with Gasteiger partial charge in [-0.15, -0.1) is 0 Å². The Morgan fingerprint density at radius 2 is 2.12 bits per heavy atom. The van der Waals surface area contributed by atoms with Gasteiger partial charge in [-0.1, -0.05) is 0 Å². The molecule has 16 heavy (non-hydrogen) atoms. The second kappa shape index (κ2) is 4.18. The van der Waals surface area contributed by atoms with E-state index in [0.717, 1.165) is 26.1 Å². The van der Waals surface area contributed by atoms with E-state index < -0.39 is 0 Å². The summed E-state index contributed by atoms with van der Waals surface area (Å²) < 4.78 is 2.38. The van der Waals surface area contributed by atoms with Crippen LogP contribution in [0.25, 0.3) is 0 Å². The Bertz CT molecular complexity index is 365. The van der Waals surface area contributed by atoms with Crippen molar-refractivity contribution in [3.05, 3.63) is 17.7 Å². The van der Waals surface area contributed by atoms with Gasteiger partial charge in [0, 0.05) is 18.5 Å². The van der Waals surface area contributed by atoms with Crippen LogP contribution in [0.3, 0.4) is 0 Å². The molecule has 3 rings (SSSR count). The highest BCUT2D eigenvalue weighted by molar-refractivity contribution is 5.15. The van der Waals surface area contributed by atoms with Crippen molar-refractivity contribution >= 4 is 0 Å². The number of fused-ring (bicyclic) bond motifs is 1. The van der Waals surface area contributed by atoms with E-state index in [-0.39, 0.29) is 6.04 Å². The number of nitrogens with two attached hydrogens (primary N) is 1. The minimum atomic E-state index is 0.205. The topological polar surface area (TPSA) is 55.9 Å². The van der Waals surface area contributed by atoms with Gasteiger partial charge in [0.1, 0.15) is 5.82 Å². The summed E-state index contributed by atoms with van der Waals surface area (Å²) in [4.78, 5) is 4.63. The Kier molecular flexibility index (Phi) is 2.69. The van der Waals surface area contributed by atoms with Crippen LogP contribution in [-0.2, 0) is 6.54 Å². The maximum Gasteiger partial charge on any atom is 0.112 e. The number of nitrogens with one attached hydrogen (secondary N) is 1. The van der Waals surface area contributed by atoms with E-state index in [1.165, 1.54) is 30.8 Å². The smallest absolute Gasteiger partial charge is 0.112 e. The predicted molar refractivity (Wildman–Crippen MR) is 63.2 cm³/mol. The van der Waals surface area contributed by atoms with E-state index in [4.69, 9.17) is 5.73 Å². The molecular weight excluding hydrogens is 200 g/mol. The molecule has 0 bridgehead atoms. The quantitative estimate of drug-likeness (QED) is 0.746. The van der Waals surface area contributed by atoms with Gasteiger partial charge in [-0.25, -0.2) is 4.98 Å². The lowest BCUT2D eigenvalue weighted by Crippen LogP contribution is -2.29. The Hall–Kier alpha value is -0.870. The van der Waals surface area contributed by atoms with Crippen LogP contribution in [0.4, 0.5) is 0 Å². The van der Waals surface area contributed by atoms with Gasteiger partial charge >= 0.3 is 0 Å². The molecule has 88 valence electrons. The number of aromatic nitrogens is 2. The molecule has 3 heterocycles. The van der Waals surface area contributed by atoms with Crippen molar-refractivity contribution in [2.45, 2.75) is 44.2 Å². The van der Waals surface area contributed by atoms with Crippen LogP contribution >= 0.6 is 0 Å². The molecule has 0 aromatic carbocycles. The van der Waals surface area contributed by atoms with Crippen molar-refractivity contribution in [2.75, 3.05) is 13.1 Å². The summed E-state index contributed by atoms with van der Waals surface area (Å²) in [5, 5.41) is 3.40. The fourth-order valence-electron chi connectivity index (χ4n) is 2.97. The zero-order valence-electron chi connectivity index (χ0n) is 9.65. The van der Waals surface area contributed by atoms with Gasteiger partial charge in [-0.2, -0.15) is 0 Å². The number of rotatable bonds is 1. The van der Waals surface area contributed by atoms with Crippen LogP contribution < -0.4 is 11.1 Å². The molecule has 2 aliphatic heterocycles. The normalized spacial score (nSPS) is 26.7. The average Bonchev–Trinajstić information content (AvgIpc) is 2.75. The van der Waals surface area contributed by atoms with Crippen LogP contribution in [0, 0.1) is 0 Å². The van der Waals surface area contributed by atoms with Crippen LogP contribution in [0.2, 0.25) is 0 Å². The van der Waals surface area contributed by atoms with E-state index >= 15 is 0 Å². The first-order chi connectivity index (χ1) is 7.86. The first kappa shape index (κ1) is 10.3. The minimum Gasteiger partial charge on any atom is -0.330 e. The molecular formula is C12H20N4. The zero-order chi connectivity index (χ0) is 11.0. The monoisotopic (exact) mass is 220 g/mol. The first-order valence-corrected chi connectivity index (χ1v) is 6.38. The molecule has 1 fully saturated rings. The largest absolute Gasteiger partial charge is 0.330 e. The lowest BCUT2D eigenvalue weighted by atomic mass is 9.96. The molecule has 0 spiro atoms. The van der Waals surface area contributed by atoms with Gasteiger partial charge in [0.05, 0.1) is 11.9 Å². The van der Waals surface area contributed by atoms with E-state index in [1.807, 2.05) is 6.20 Å². The number of hydrogen-bond acceptors (Lipinski definition) is 3. The molecule has 3 N–H and O–H groups in total. The molecule has 1 aromatic rings. The number of nitrogens with zero attached hydrogens (tertiary/aromatic N) is 2. The summed E-state index contributed by atoms with van der Waals surface area (Å²) in [5.74, 6) is 1.92.